The van der Waals surface area contributed by atoms with Gasteiger partial charge in [-0.2, -0.15) is 13.5 Å². The van der Waals surface area contributed by atoms with Gasteiger partial charge in [0.1, 0.15) is 0 Å². The molecule has 6 nitrogen and oxygen atoms in total. The smallest absolute Gasteiger partial charge is 0.277 e. The number of hydrazone groups is 1. The third-order valence-electron chi connectivity index (χ3n) is 3.61. The molecule has 0 aliphatic rings. The summed E-state index contributed by atoms with van der Waals surface area (Å²) in [6.45, 7) is 7.52. The van der Waals surface area contributed by atoms with E-state index in [1.165, 1.54) is 18.3 Å². The minimum atomic E-state index is -3.81. The van der Waals surface area contributed by atoms with E-state index in [1.807, 2.05) is 6.92 Å². The van der Waals surface area contributed by atoms with E-state index in [9.17, 15) is 13.5 Å². The zero-order valence-corrected chi connectivity index (χ0v) is 16.6. The van der Waals surface area contributed by atoms with Gasteiger partial charge in [-0.1, -0.05) is 29.3 Å². The first-order valence-corrected chi connectivity index (χ1v) is 9.80. The summed E-state index contributed by atoms with van der Waals surface area (Å²) >= 11 is 5.95. The van der Waals surface area contributed by atoms with Crippen LogP contribution >= 0.6 is 11.6 Å². The number of nitrogens with one attached hydrogen (secondary N) is 1. The van der Waals surface area contributed by atoms with Gasteiger partial charge >= 0.3 is 0 Å². The molecule has 0 fully saturated rings. The average Bonchev–Trinajstić information content (AvgIpc) is 2.50. The van der Waals surface area contributed by atoms with Crippen LogP contribution in [0.2, 0.25) is 5.02 Å². The molecule has 0 spiro atoms. The van der Waals surface area contributed by atoms with Gasteiger partial charge in [0.2, 0.25) is 0 Å². The Morgan fingerprint density at radius 3 is 2.38 bits per heavy atom. The first-order chi connectivity index (χ1) is 12.2. The molecular weight excluding hydrogens is 376 g/mol. The summed E-state index contributed by atoms with van der Waals surface area (Å²) in [5.74, 6) is 0.0340. The van der Waals surface area contributed by atoms with E-state index in [0.29, 0.717) is 23.3 Å². The Morgan fingerprint density at radius 2 is 1.81 bits per heavy atom. The number of aryl methyl sites for hydroxylation is 3. The van der Waals surface area contributed by atoms with Gasteiger partial charge in [0.15, 0.2) is 11.5 Å². The monoisotopic (exact) mass is 396 g/mol. The first-order valence-electron chi connectivity index (χ1n) is 7.93. The Bertz CT molecular complexity index is 933. The van der Waals surface area contributed by atoms with E-state index in [1.54, 1.807) is 32.9 Å². The van der Waals surface area contributed by atoms with Crippen LogP contribution < -0.4 is 9.57 Å². The summed E-state index contributed by atoms with van der Waals surface area (Å²) in [5.41, 5.74) is 2.77. The summed E-state index contributed by atoms with van der Waals surface area (Å²) in [6.07, 6.45) is 1.30. The second-order valence-corrected chi connectivity index (χ2v) is 7.87. The summed E-state index contributed by atoms with van der Waals surface area (Å²) in [7, 11) is -3.81. The molecule has 0 aliphatic heterocycles. The fourth-order valence-electron chi connectivity index (χ4n) is 2.74. The Balaban J connectivity index is 2.28. The van der Waals surface area contributed by atoms with E-state index >= 15 is 0 Å². The normalized spacial score (nSPS) is 11.7. The summed E-state index contributed by atoms with van der Waals surface area (Å²) in [6, 6.07) is 6.59. The molecule has 0 atom stereocenters. The lowest BCUT2D eigenvalue weighted by molar-refractivity contribution is 0.318. The molecule has 2 N–H and O–H groups in total. The van der Waals surface area contributed by atoms with Crippen molar-refractivity contribution in [3.63, 3.8) is 0 Å². The number of aromatic hydroxyl groups is 1. The maximum atomic E-state index is 12.6. The van der Waals surface area contributed by atoms with Crippen molar-refractivity contribution in [1.29, 1.82) is 0 Å². The number of phenols is 1. The van der Waals surface area contributed by atoms with Crippen LogP contribution in [0.25, 0.3) is 0 Å². The number of ether oxygens (including phenoxy) is 1. The van der Waals surface area contributed by atoms with Crippen LogP contribution in [0.3, 0.4) is 0 Å². The number of sulfonamides is 1. The van der Waals surface area contributed by atoms with Crippen molar-refractivity contribution in [2.45, 2.75) is 32.6 Å². The van der Waals surface area contributed by atoms with Gasteiger partial charge in [0.25, 0.3) is 10.0 Å². The van der Waals surface area contributed by atoms with Crippen LogP contribution in [0.15, 0.2) is 34.3 Å². The number of nitrogens with zero attached hydrogens (tertiary/aromatic N) is 1. The van der Waals surface area contributed by atoms with Gasteiger partial charge < -0.3 is 9.84 Å². The predicted molar refractivity (Wildman–Crippen MR) is 103 cm³/mol. The average molecular weight is 397 g/mol. The van der Waals surface area contributed by atoms with Gasteiger partial charge in [-0.3, -0.25) is 0 Å². The first kappa shape index (κ1) is 20.1. The Morgan fingerprint density at radius 1 is 1.19 bits per heavy atom. The van der Waals surface area contributed by atoms with Crippen LogP contribution in [-0.4, -0.2) is 26.3 Å². The molecule has 2 aromatic rings. The summed E-state index contributed by atoms with van der Waals surface area (Å²) in [5, 5.41) is 13.7. The number of phenolic OH excluding ortho intramolecular Hbond substituents is 1. The highest BCUT2D eigenvalue weighted by Gasteiger charge is 2.19. The van der Waals surface area contributed by atoms with Crippen LogP contribution in [-0.2, 0) is 10.0 Å². The molecule has 0 bridgehead atoms. The van der Waals surface area contributed by atoms with E-state index < -0.39 is 10.0 Å². The van der Waals surface area contributed by atoms with Gasteiger partial charge in [0, 0.05) is 0 Å². The highest BCUT2D eigenvalue weighted by Crippen LogP contribution is 2.34. The molecule has 0 saturated carbocycles. The maximum Gasteiger partial charge on any atom is 0.277 e. The van der Waals surface area contributed by atoms with Crippen molar-refractivity contribution in [3.05, 3.63) is 51.5 Å². The SMILES string of the molecule is CCOc1cc(/C=N/NS(=O)(=O)c2c(C)cc(C)cc2C)cc(Cl)c1O. The van der Waals surface area contributed by atoms with Gasteiger partial charge in [-0.25, -0.2) is 4.83 Å². The lowest BCUT2D eigenvalue weighted by atomic mass is 10.1. The number of halogens is 1. The summed E-state index contributed by atoms with van der Waals surface area (Å²) in [4.78, 5) is 2.41. The number of rotatable bonds is 6. The van der Waals surface area contributed by atoms with E-state index in [0.717, 1.165) is 5.56 Å². The molecule has 0 aliphatic carbocycles. The van der Waals surface area contributed by atoms with E-state index in [2.05, 4.69) is 9.93 Å². The molecule has 0 saturated heterocycles. The standard InChI is InChI=1S/C18H21ClN2O4S/c1-5-25-16-9-14(8-15(19)17(16)22)10-20-21-26(23,24)18-12(3)6-11(2)7-13(18)4/h6-10,21-22H,5H2,1-4H3/b20-10+. The molecule has 0 radical (unpaired) electrons. The Hall–Kier alpha value is -2.25. The van der Waals surface area contributed by atoms with Crippen molar-refractivity contribution < 1.29 is 18.3 Å². The number of hydrogen-bond donors (Lipinski definition) is 2. The second kappa shape index (κ2) is 7.97. The maximum absolute atomic E-state index is 12.6. The van der Waals surface area contributed by atoms with Crippen molar-refractivity contribution in [1.82, 2.24) is 4.83 Å². The zero-order chi connectivity index (χ0) is 19.5. The fraction of sp³-hybridized carbons (Fsp3) is 0.278. The van der Waals surface area contributed by atoms with Gasteiger partial charge in [-0.05, 0) is 56.5 Å². The highest BCUT2D eigenvalue weighted by atomic mass is 35.5. The molecule has 0 heterocycles. The molecule has 0 amide bonds. The highest BCUT2D eigenvalue weighted by molar-refractivity contribution is 7.89. The lowest BCUT2D eigenvalue weighted by Crippen LogP contribution is -2.20. The minimum absolute atomic E-state index is 0.0884. The molecule has 8 heteroatoms. The number of hydrogen-bond acceptors (Lipinski definition) is 5. The molecule has 26 heavy (non-hydrogen) atoms. The molecule has 140 valence electrons. The largest absolute Gasteiger partial charge is 0.503 e. The van der Waals surface area contributed by atoms with Crippen LogP contribution in [0.1, 0.15) is 29.2 Å². The molecule has 2 rings (SSSR count). The molecule has 2 aromatic carbocycles. The third kappa shape index (κ3) is 4.47. The Labute approximate surface area is 158 Å². The fourth-order valence-corrected chi connectivity index (χ4v) is 4.21. The van der Waals surface area contributed by atoms with Crippen LogP contribution in [0.5, 0.6) is 11.5 Å². The van der Waals surface area contributed by atoms with Crippen LogP contribution in [0, 0.1) is 20.8 Å². The topological polar surface area (TPSA) is 88.0 Å². The Kier molecular flexibility index (Phi) is 6.15. The summed E-state index contributed by atoms with van der Waals surface area (Å²) < 4.78 is 30.4. The zero-order valence-electron chi connectivity index (χ0n) is 15.0. The molecule has 0 aromatic heterocycles. The van der Waals surface area contributed by atoms with Crippen molar-refractivity contribution >= 4 is 27.8 Å². The molecule has 0 unspecified atom stereocenters. The van der Waals surface area contributed by atoms with Gasteiger partial charge in [0.05, 0.1) is 22.7 Å². The lowest BCUT2D eigenvalue weighted by Gasteiger charge is -2.11. The van der Waals surface area contributed by atoms with E-state index in [4.69, 9.17) is 16.3 Å². The van der Waals surface area contributed by atoms with Crippen molar-refractivity contribution in [3.8, 4) is 11.5 Å². The molecular formula is C18H21ClN2O4S. The van der Waals surface area contributed by atoms with E-state index in [-0.39, 0.29) is 21.4 Å². The second-order valence-electron chi connectivity index (χ2n) is 5.86. The van der Waals surface area contributed by atoms with Crippen molar-refractivity contribution in [2.24, 2.45) is 5.10 Å². The number of benzene rings is 2. The van der Waals surface area contributed by atoms with Crippen molar-refractivity contribution in [2.75, 3.05) is 6.61 Å². The minimum Gasteiger partial charge on any atom is -0.503 e. The predicted octanol–water partition coefficient (Wildman–Crippen LogP) is 3.68. The third-order valence-corrected chi connectivity index (χ3v) is 5.43. The van der Waals surface area contributed by atoms with Crippen LogP contribution in [0.4, 0.5) is 0 Å². The van der Waals surface area contributed by atoms with Gasteiger partial charge in [-0.15, -0.1) is 0 Å². The quantitative estimate of drug-likeness (QED) is 0.575.